The molecule has 4 rings (SSSR count). The van der Waals surface area contributed by atoms with Crippen molar-refractivity contribution in [1.29, 1.82) is 5.26 Å². The van der Waals surface area contributed by atoms with Gasteiger partial charge in [0.25, 0.3) is 5.56 Å². The van der Waals surface area contributed by atoms with Crippen molar-refractivity contribution < 1.29 is 8.78 Å². The molecule has 27 heavy (non-hydrogen) atoms. The van der Waals surface area contributed by atoms with E-state index >= 15 is 0 Å². The minimum atomic E-state index is -1.53. The molecule has 2 aromatic rings. The van der Waals surface area contributed by atoms with Crippen molar-refractivity contribution in [2.24, 2.45) is 0 Å². The maximum Gasteiger partial charge on any atom is 0.269 e. The summed E-state index contributed by atoms with van der Waals surface area (Å²) in [5.41, 5.74) is -0.323. The number of aromatic nitrogens is 1. The van der Waals surface area contributed by atoms with E-state index in [0.29, 0.717) is 28.7 Å². The lowest BCUT2D eigenvalue weighted by Crippen LogP contribution is -2.37. The molecule has 0 amide bonds. The molecule has 0 bridgehead atoms. The number of hydrogen-bond acceptors (Lipinski definition) is 4. The highest BCUT2D eigenvalue weighted by Crippen LogP contribution is 2.41. The molecule has 8 heteroatoms. The van der Waals surface area contributed by atoms with E-state index < -0.39 is 11.5 Å². The molecule has 5 nitrogen and oxygen atoms in total. The minimum absolute atomic E-state index is 0.0121. The van der Waals surface area contributed by atoms with Crippen molar-refractivity contribution in [3.8, 4) is 6.07 Å². The number of anilines is 1. The molecule has 1 saturated carbocycles. The van der Waals surface area contributed by atoms with E-state index in [-0.39, 0.29) is 36.7 Å². The lowest BCUT2D eigenvalue weighted by Gasteiger charge is -2.25. The smallest absolute Gasteiger partial charge is 0.269 e. The number of hydrogen-bond donors (Lipinski definition) is 1. The zero-order valence-electron chi connectivity index (χ0n) is 14.9. The number of pyridine rings is 1. The summed E-state index contributed by atoms with van der Waals surface area (Å²) in [5, 5.41) is 9.77. The van der Waals surface area contributed by atoms with Gasteiger partial charge in [-0.3, -0.25) is 4.79 Å². The number of nitriles is 1. The lowest BCUT2D eigenvalue weighted by atomic mass is 10.0. The Morgan fingerprint density at radius 3 is 2.81 bits per heavy atom. The molecular formula is C19H19ClF2N4O. The van der Waals surface area contributed by atoms with Crippen LogP contribution in [0.15, 0.2) is 16.9 Å². The summed E-state index contributed by atoms with van der Waals surface area (Å²) >= 11 is 5.47. The molecule has 1 aliphatic heterocycles. The van der Waals surface area contributed by atoms with Crippen LogP contribution in [0.1, 0.15) is 36.4 Å². The summed E-state index contributed by atoms with van der Waals surface area (Å²) in [4.78, 5) is 16.7. The van der Waals surface area contributed by atoms with Gasteiger partial charge >= 0.3 is 0 Å². The second-order valence-corrected chi connectivity index (χ2v) is 7.75. The fraction of sp³-hybridized carbons (Fsp3) is 0.474. The van der Waals surface area contributed by atoms with Gasteiger partial charge in [0, 0.05) is 30.9 Å². The van der Waals surface area contributed by atoms with E-state index in [2.05, 4.69) is 4.84 Å². The van der Waals surface area contributed by atoms with E-state index in [1.807, 2.05) is 6.07 Å². The first-order valence-electron chi connectivity index (χ1n) is 8.94. The zero-order chi connectivity index (χ0) is 19.3. The standard InChI is InChI=1S/C19H19ClF2N4O/c1-11-16-12(6-13(8-23)18(27)26(16)14-2-3-14)7-15(21)17(11)25-5-4-19(22,10-25)9-24-20/h6-7,14,24H,2-5,9-10H2,1H3. The monoisotopic (exact) mass is 392 g/mol. The summed E-state index contributed by atoms with van der Waals surface area (Å²) in [6.07, 6.45) is 1.95. The van der Waals surface area contributed by atoms with Crippen LogP contribution >= 0.6 is 11.8 Å². The highest BCUT2D eigenvalue weighted by Gasteiger charge is 2.40. The molecule has 2 aliphatic rings. The third kappa shape index (κ3) is 2.97. The molecule has 0 radical (unpaired) electrons. The van der Waals surface area contributed by atoms with E-state index in [4.69, 9.17) is 11.8 Å². The molecule has 1 saturated heterocycles. The van der Waals surface area contributed by atoms with Gasteiger partial charge in [0.05, 0.1) is 17.7 Å². The van der Waals surface area contributed by atoms with Crippen LogP contribution in [-0.2, 0) is 0 Å². The zero-order valence-corrected chi connectivity index (χ0v) is 15.6. The maximum atomic E-state index is 15.0. The number of nitrogens with one attached hydrogen (secondary N) is 1. The van der Waals surface area contributed by atoms with E-state index in [1.54, 1.807) is 16.4 Å². The van der Waals surface area contributed by atoms with Crippen LogP contribution in [0, 0.1) is 24.1 Å². The fourth-order valence-corrected chi connectivity index (χ4v) is 4.34. The molecule has 142 valence electrons. The van der Waals surface area contributed by atoms with Gasteiger partial charge in [-0.25, -0.2) is 13.6 Å². The van der Waals surface area contributed by atoms with Crippen LogP contribution in [0.4, 0.5) is 14.5 Å². The highest BCUT2D eigenvalue weighted by molar-refractivity contribution is 6.13. The Morgan fingerprint density at radius 2 is 2.19 bits per heavy atom. The number of benzene rings is 1. The van der Waals surface area contributed by atoms with Crippen LogP contribution in [0.5, 0.6) is 0 Å². The molecule has 1 aliphatic carbocycles. The van der Waals surface area contributed by atoms with Crippen LogP contribution in [0.3, 0.4) is 0 Å². The Hall–Kier alpha value is -2.17. The number of nitrogens with zero attached hydrogens (tertiary/aromatic N) is 3. The van der Waals surface area contributed by atoms with Crippen molar-refractivity contribution in [3.63, 3.8) is 0 Å². The average molecular weight is 393 g/mol. The largest absolute Gasteiger partial charge is 0.366 e. The Labute approximate surface area is 160 Å². The number of aryl methyl sites for hydroxylation is 1. The topological polar surface area (TPSA) is 61.1 Å². The van der Waals surface area contributed by atoms with Crippen LogP contribution in [0.25, 0.3) is 10.9 Å². The number of halogens is 3. The summed E-state index contributed by atoms with van der Waals surface area (Å²) in [6.45, 7) is 2.13. The van der Waals surface area contributed by atoms with Gasteiger partial charge in [0.1, 0.15) is 23.1 Å². The summed E-state index contributed by atoms with van der Waals surface area (Å²) < 4.78 is 31.4. The quantitative estimate of drug-likeness (QED) is 0.811. The molecule has 1 unspecified atom stereocenters. The van der Waals surface area contributed by atoms with E-state index in [0.717, 1.165) is 12.8 Å². The molecule has 1 aromatic carbocycles. The summed E-state index contributed by atoms with van der Waals surface area (Å²) in [6, 6.07) is 4.72. The molecule has 1 N–H and O–H groups in total. The van der Waals surface area contributed by atoms with Gasteiger partial charge < -0.3 is 9.47 Å². The van der Waals surface area contributed by atoms with Crippen molar-refractivity contribution >= 4 is 28.4 Å². The molecule has 0 spiro atoms. The predicted molar refractivity (Wildman–Crippen MR) is 100 cm³/mol. The van der Waals surface area contributed by atoms with Crippen LogP contribution in [0.2, 0.25) is 0 Å². The Balaban J connectivity index is 1.90. The number of alkyl halides is 1. The highest BCUT2D eigenvalue weighted by atomic mass is 35.5. The predicted octanol–water partition coefficient (Wildman–Crippen LogP) is 3.32. The van der Waals surface area contributed by atoms with Gasteiger partial charge in [-0.1, -0.05) is 0 Å². The molecule has 2 fully saturated rings. The third-order valence-electron chi connectivity index (χ3n) is 5.52. The maximum absolute atomic E-state index is 15.0. The van der Waals surface area contributed by atoms with Gasteiger partial charge in [-0.2, -0.15) is 5.26 Å². The number of fused-ring (bicyclic) bond motifs is 1. The van der Waals surface area contributed by atoms with Gasteiger partial charge in [0.15, 0.2) is 0 Å². The van der Waals surface area contributed by atoms with Crippen molar-refractivity contribution in [3.05, 3.63) is 39.4 Å². The lowest BCUT2D eigenvalue weighted by molar-refractivity contribution is 0.198. The third-order valence-corrected chi connectivity index (χ3v) is 5.65. The minimum Gasteiger partial charge on any atom is -0.366 e. The first-order valence-corrected chi connectivity index (χ1v) is 9.32. The summed E-state index contributed by atoms with van der Waals surface area (Å²) in [7, 11) is 0. The van der Waals surface area contributed by atoms with Crippen molar-refractivity contribution in [2.75, 3.05) is 24.5 Å². The van der Waals surface area contributed by atoms with Crippen LogP contribution < -0.4 is 15.3 Å². The first kappa shape index (κ1) is 18.2. The Kier molecular flexibility index (Phi) is 4.36. The van der Waals surface area contributed by atoms with Crippen LogP contribution in [-0.4, -0.2) is 29.9 Å². The van der Waals surface area contributed by atoms with Crippen molar-refractivity contribution in [1.82, 2.24) is 9.40 Å². The SMILES string of the molecule is Cc1c(N2CCC(F)(CNCl)C2)c(F)cc2cc(C#N)c(=O)n(C3CC3)c12. The second kappa shape index (κ2) is 6.47. The van der Waals surface area contributed by atoms with Crippen molar-refractivity contribution in [2.45, 2.75) is 37.9 Å². The number of rotatable bonds is 4. The molecule has 1 atom stereocenters. The Bertz CT molecular complexity index is 1030. The second-order valence-electron chi connectivity index (χ2n) is 7.48. The van der Waals surface area contributed by atoms with E-state index in [9.17, 15) is 18.8 Å². The Morgan fingerprint density at radius 1 is 1.44 bits per heavy atom. The summed E-state index contributed by atoms with van der Waals surface area (Å²) in [5.74, 6) is -0.479. The van der Waals surface area contributed by atoms with E-state index in [1.165, 1.54) is 12.1 Å². The average Bonchev–Trinajstić information content (AvgIpc) is 3.38. The molecule has 2 heterocycles. The van der Waals surface area contributed by atoms with Gasteiger partial charge in [-0.05, 0) is 49.2 Å². The molecular weight excluding hydrogens is 374 g/mol. The van der Waals surface area contributed by atoms with Gasteiger partial charge in [0.2, 0.25) is 0 Å². The first-order chi connectivity index (χ1) is 12.9. The fourth-order valence-electron chi connectivity index (χ4n) is 4.10. The normalized spacial score (nSPS) is 22.4. The molecule has 1 aromatic heterocycles. The van der Waals surface area contributed by atoms with Gasteiger partial charge in [-0.15, -0.1) is 0 Å².